The molecule has 4 nitrogen and oxygen atoms in total. The average molecular weight is 271 g/mol. The number of nitrogen functional groups attached to an aromatic ring is 1. The molecule has 0 radical (unpaired) electrons. The van der Waals surface area contributed by atoms with E-state index in [1.807, 2.05) is 37.3 Å². The fourth-order valence-electron chi connectivity index (χ4n) is 1.71. The molecule has 2 rings (SSSR count). The van der Waals surface area contributed by atoms with Gasteiger partial charge >= 0.3 is 5.97 Å². The van der Waals surface area contributed by atoms with Gasteiger partial charge in [0.1, 0.15) is 0 Å². The van der Waals surface area contributed by atoms with Crippen LogP contribution in [-0.4, -0.2) is 12.8 Å². The van der Waals surface area contributed by atoms with Crippen molar-refractivity contribution < 1.29 is 14.3 Å². The summed E-state index contributed by atoms with van der Waals surface area (Å²) in [6.45, 7) is 2.18. The zero-order valence-electron chi connectivity index (χ0n) is 11.3. The first kappa shape index (κ1) is 14.1. The van der Waals surface area contributed by atoms with Crippen molar-refractivity contribution in [3.63, 3.8) is 0 Å². The largest absolute Gasteiger partial charge is 0.435 e. The van der Waals surface area contributed by atoms with E-state index in [1.54, 1.807) is 18.2 Å². The molecular weight excluding hydrogens is 254 g/mol. The van der Waals surface area contributed by atoms with E-state index in [-0.39, 0.29) is 6.79 Å². The van der Waals surface area contributed by atoms with Gasteiger partial charge in [-0.15, -0.1) is 0 Å². The molecule has 2 N–H and O–H groups in total. The Morgan fingerprint density at radius 3 is 2.60 bits per heavy atom. The van der Waals surface area contributed by atoms with Crippen molar-refractivity contribution in [3.8, 4) is 0 Å². The molecule has 0 spiro atoms. The molecule has 2 aromatic carbocycles. The zero-order chi connectivity index (χ0) is 14.4. The molecule has 0 atom stereocenters. The molecule has 0 aliphatic heterocycles. The van der Waals surface area contributed by atoms with Gasteiger partial charge in [0.05, 0.1) is 12.2 Å². The van der Waals surface area contributed by atoms with Crippen molar-refractivity contribution >= 4 is 11.7 Å². The predicted molar refractivity (Wildman–Crippen MR) is 77.1 cm³/mol. The summed E-state index contributed by atoms with van der Waals surface area (Å²) in [5.41, 5.74) is 8.71. The van der Waals surface area contributed by atoms with Crippen molar-refractivity contribution in [3.05, 3.63) is 65.2 Å². The van der Waals surface area contributed by atoms with E-state index < -0.39 is 5.97 Å². The lowest BCUT2D eigenvalue weighted by Gasteiger charge is -2.07. The maximum atomic E-state index is 11.8. The Morgan fingerprint density at radius 1 is 1.15 bits per heavy atom. The molecule has 0 aliphatic rings. The number of nitrogens with two attached hydrogens (primary N) is 1. The van der Waals surface area contributed by atoms with Crippen molar-refractivity contribution in [2.45, 2.75) is 13.5 Å². The lowest BCUT2D eigenvalue weighted by atomic mass is 10.1. The van der Waals surface area contributed by atoms with E-state index in [2.05, 4.69) is 0 Å². The molecular formula is C16H17NO3. The first-order chi connectivity index (χ1) is 9.66. The maximum Gasteiger partial charge on any atom is 0.340 e. The molecule has 0 amide bonds. The number of benzene rings is 2. The number of carbonyl (C=O) groups is 1. The highest BCUT2D eigenvalue weighted by molar-refractivity contribution is 5.90. The van der Waals surface area contributed by atoms with E-state index in [1.165, 1.54) is 0 Å². The molecule has 20 heavy (non-hydrogen) atoms. The van der Waals surface area contributed by atoms with Crippen molar-refractivity contribution in [1.82, 2.24) is 0 Å². The molecule has 2 aromatic rings. The van der Waals surface area contributed by atoms with Crippen molar-refractivity contribution in [2.75, 3.05) is 12.5 Å². The van der Waals surface area contributed by atoms with Crippen molar-refractivity contribution in [2.24, 2.45) is 0 Å². The van der Waals surface area contributed by atoms with Gasteiger partial charge in [-0.2, -0.15) is 0 Å². The smallest absolute Gasteiger partial charge is 0.340 e. The molecule has 0 unspecified atom stereocenters. The molecule has 0 aromatic heterocycles. The highest BCUT2D eigenvalue weighted by atomic mass is 16.7. The molecule has 0 aliphatic carbocycles. The van der Waals surface area contributed by atoms with Crippen LogP contribution in [-0.2, 0) is 16.1 Å². The second-order valence-corrected chi connectivity index (χ2v) is 4.46. The zero-order valence-corrected chi connectivity index (χ0v) is 11.3. The number of anilines is 1. The number of carbonyl (C=O) groups excluding carboxylic acids is 1. The van der Waals surface area contributed by atoms with Crippen LogP contribution in [0.15, 0.2) is 48.5 Å². The quantitative estimate of drug-likeness (QED) is 0.393. The minimum Gasteiger partial charge on any atom is -0.435 e. The molecule has 104 valence electrons. The van der Waals surface area contributed by atoms with Gasteiger partial charge in [0, 0.05) is 5.69 Å². The maximum absolute atomic E-state index is 11.8. The number of hydrogen-bond acceptors (Lipinski definition) is 4. The Bertz CT molecular complexity index is 582. The van der Waals surface area contributed by atoms with Crippen LogP contribution in [0.3, 0.4) is 0 Å². The minimum absolute atomic E-state index is 0.0723. The Kier molecular flexibility index (Phi) is 4.74. The van der Waals surface area contributed by atoms with E-state index in [4.69, 9.17) is 15.2 Å². The van der Waals surface area contributed by atoms with E-state index in [0.29, 0.717) is 17.9 Å². The third-order valence-electron chi connectivity index (χ3n) is 2.89. The van der Waals surface area contributed by atoms with E-state index >= 15 is 0 Å². The lowest BCUT2D eigenvalue weighted by Crippen LogP contribution is -2.09. The van der Waals surface area contributed by atoms with E-state index in [9.17, 15) is 4.79 Å². The summed E-state index contributed by atoms with van der Waals surface area (Å²) in [6.07, 6.45) is 0. The van der Waals surface area contributed by atoms with Gasteiger partial charge in [-0.3, -0.25) is 0 Å². The monoisotopic (exact) mass is 271 g/mol. The van der Waals surface area contributed by atoms with Crippen LogP contribution in [0.25, 0.3) is 0 Å². The van der Waals surface area contributed by atoms with Crippen LogP contribution in [0.2, 0.25) is 0 Å². The van der Waals surface area contributed by atoms with Gasteiger partial charge in [0.25, 0.3) is 0 Å². The summed E-state index contributed by atoms with van der Waals surface area (Å²) < 4.78 is 10.3. The van der Waals surface area contributed by atoms with Gasteiger partial charge < -0.3 is 15.2 Å². The van der Waals surface area contributed by atoms with Crippen LogP contribution in [0.1, 0.15) is 21.5 Å². The highest BCUT2D eigenvalue weighted by Gasteiger charge is 2.08. The molecule has 0 bridgehead atoms. The first-order valence-corrected chi connectivity index (χ1v) is 6.32. The topological polar surface area (TPSA) is 61.5 Å². The van der Waals surface area contributed by atoms with Gasteiger partial charge in [-0.25, -0.2) is 4.79 Å². The van der Waals surface area contributed by atoms with Crippen LogP contribution in [0.5, 0.6) is 0 Å². The summed E-state index contributed by atoms with van der Waals surface area (Å²) in [5, 5.41) is 0. The van der Waals surface area contributed by atoms with Gasteiger partial charge in [0.2, 0.25) is 0 Å². The standard InChI is InChI=1S/C16H17NO3/c1-12-9-14(7-8-15(12)17)16(18)20-11-19-10-13-5-3-2-4-6-13/h2-9H,10-11,17H2,1H3. The Balaban J connectivity index is 1.79. The fraction of sp³-hybridized carbons (Fsp3) is 0.188. The second kappa shape index (κ2) is 6.73. The van der Waals surface area contributed by atoms with Gasteiger partial charge in [0.15, 0.2) is 6.79 Å². The van der Waals surface area contributed by atoms with Crippen LogP contribution in [0, 0.1) is 6.92 Å². The fourth-order valence-corrected chi connectivity index (χ4v) is 1.71. The Labute approximate surface area is 118 Å². The minimum atomic E-state index is -0.416. The summed E-state index contributed by atoms with van der Waals surface area (Å²) in [4.78, 5) is 11.8. The number of hydrogen-bond donors (Lipinski definition) is 1. The summed E-state index contributed by atoms with van der Waals surface area (Å²) >= 11 is 0. The number of rotatable bonds is 5. The molecule has 0 heterocycles. The van der Waals surface area contributed by atoms with E-state index in [0.717, 1.165) is 11.1 Å². The SMILES string of the molecule is Cc1cc(C(=O)OCOCc2ccccc2)ccc1N. The predicted octanol–water partition coefficient (Wildman–Crippen LogP) is 2.91. The number of aryl methyl sites for hydroxylation is 1. The Hall–Kier alpha value is -2.33. The summed E-state index contributed by atoms with van der Waals surface area (Å²) in [7, 11) is 0. The van der Waals surface area contributed by atoms with Crippen LogP contribution < -0.4 is 5.73 Å². The van der Waals surface area contributed by atoms with Gasteiger partial charge in [-0.1, -0.05) is 30.3 Å². The van der Waals surface area contributed by atoms with Gasteiger partial charge in [-0.05, 0) is 36.2 Å². The number of esters is 1. The van der Waals surface area contributed by atoms with Crippen LogP contribution in [0.4, 0.5) is 5.69 Å². The second-order valence-electron chi connectivity index (χ2n) is 4.46. The van der Waals surface area contributed by atoms with Crippen molar-refractivity contribution in [1.29, 1.82) is 0 Å². The lowest BCUT2D eigenvalue weighted by molar-refractivity contribution is -0.0381. The highest BCUT2D eigenvalue weighted by Crippen LogP contribution is 2.13. The molecule has 0 saturated heterocycles. The summed E-state index contributed by atoms with van der Waals surface area (Å²) in [5.74, 6) is -0.416. The normalized spacial score (nSPS) is 10.2. The number of ether oxygens (including phenoxy) is 2. The molecule has 0 saturated carbocycles. The summed E-state index contributed by atoms with van der Waals surface area (Å²) in [6, 6.07) is 14.7. The molecule has 0 fully saturated rings. The van der Waals surface area contributed by atoms with Crippen LogP contribution >= 0.6 is 0 Å². The third-order valence-corrected chi connectivity index (χ3v) is 2.89. The average Bonchev–Trinajstić information content (AvgIpc) is 2.47. The third kappa shape index (κ3) is 3.83. The Morgan fingerprint density at radius 2 is 1.90 bits per heavy atom. The first-order valence-electron chi connectivity index (χ1n) is 6.32. The molecule has 4 heteroatoms.